The first kappa shape index (κ1) is 19.0. The summed E-state index contributed by atoms with van der Waals surface area (Å²) in [5.74, 6) is -0.898. The average molecular weight is 358 g/mol. The van der Waals surface area contributed by atoms with E-state index in [-0.39, 0.29) is 11.4 Å². The molecule has 1 unspecified atom stereocenters. The molecule has 1 heterocycles. The maximum atomic E-state index is 12.5. The lowest BCUT2D eigenvalue weighted by molar-refractivity contribution is -0.130. The van der Waals surface area contributed by atoms with Crippen LogP contribution in [-0.2, 0) is 9.53 Å². The molecule has 0 saturated heterocycles. The molecule has 1 amide bonds. The number of carbonyl (C=O) groups is 2. The first-order valence-electron chi connectivity index (χ1n) is 7.97. The zero-order valence-electron chi connectivity index (χ0n) is 14.8. The molecule has 6 heteroatoms. The van der Waals surface area contributed by atoms with Gasteiger partial charge in [0.05, 0.1) is 5.56 Å². The van der Waals surface area contributed by atoms with Crippen molar-refractivity contribution < 1.29 is 14.3 Å². The van der Waals surface area contributed by atoms with E-state index < -0.39 is 12.1 Å². The smallest absolute Gasteiger partial charge is 0.341 e. The van der Waals surface area contributed by atoms with Crippen LogP contribution in [0.1, 0.15) is 38.1 Å². The van der Waals surface area contributed by atoms with Crippen molar-refractivity contribution in [2.45, 2.75) is 49.3 Å². The molecule has 0 radical (unpaired) electrons. The van der Waals surface area contributed by atoms with Gasteiger partial charge in [0.25, 0.3) is 5.91 Å². The fourth-order valence-electron chi connectivity index (χ4n) is 1.98. The van der Waals surface area contributed by atoms with Gasteiger partial charge in [0, 0.05) is 16.6 Å². The first-order chi connectivity index (χ1) is 11.8. The number of nitrogens with zero attached hydrogens (tertiary/aromatic N) is 1. The summed E-state index contributed by atoms with van der Waals surface area (Å²) < 4.78 is 5.32. The fourth-order valence-corrected chi connectivity index (χ4v) is 2.87. The third-order valence-corrected chi connectivity index (χ3v) is 4.13. The molecule has 1 aromatic heterocycles. The SMILES string of the molecule is CC(OC(=O)c1cccnc1Sc1ccccc1)C(=O)NC(C)(C)C. The van der Waals surface area contributed by atoms with Crippen molar-refractivity contribution in [1.82, 2.24) is 10.3 Å². The number of nitrogens with one attached hydrogen (secondary N) is 1. The third kappa shape index (κ3) is 5.90. The predicted molar refractivity (Wildman–Crippen MR) is 97.6 cm³/mol. The number of ether oxygens (including phenoxy) is 1. The van der Waals surface area contributed by atoms with Gasteiger partial charge in [-0.2, -0.15) is 0 Å². The molecule has 1 aromatic carbocycles. The lowest BCUT2D eigenvalue weighted by Gasteiger charge is -2.23. The summed E-state index contributed by atoms with van der Waals surface area (Å²) in [5.41, 5.74) is -0.0489. The topological polar surface area (TPSA) is 68.3 Å². The van der Waals surface area contributed by atoms with E-state index in [2.05, 4.69) is 10.3 Å². The van der Waals surface area contributed by atoms with Crippen LogP contribution >= 0.6 is 11.8 Å². The van der Waals surface area contributed by atoms with Crippen LogP contribution in [-0.4, -0.2) is 28.5 Å². The monoisotopic (exact) mass is 358 g/mol. The molecule has 0 aliphatic carbocycles. The number of rotatable bonds is 5. The summed E-state index contributed by atoms with van der Waals surface area (Å²) in [5, 5.41) is 3.34. The molecule has 2 rings (SSSR count). The molecule has 2 aromatic rings. The van der Waals surface area contributed by atoms with E-state index in [0.29, 0.717) is 10.6 Å². The van der Waals surface area contributed by atoms with Crippen LogP contribution in [0.25, 0.3) is 0 Å². The Hall–Kier alpha value is -2.34. The zero-order chi connectivity index (χ0) is 18.4. The van der Waals surface area contributed by atoms with Crippen molar-refractivity contribution in [3.05, 3.63) is 54.2 Å². The molecule has 0 fully saturated rings. The molecule has 0 aliphatic heterocycles. The zero-order valence-corrected chi connectivity index (χ0v) is 15.6. The van der Waals surface area contributed by atoms with E-state index in [1.807, 2.05) is 51.1 Å². The lowest BCUT2D eigenvalue weighted by Crippen LogP contribution is -2.46. The van der Waals surface area contributed by atoms with Crippen LogP contribution in [0, 0.1) is 0 Å². The van der Waals surface area contributed by atoms with Crippen LogP contribution in [0.3, 0.4) is 0 Å². The summed E-state index contributed by atoms with van der Waals surface area (Å²) in [6, 6.07) is 13.0. The number of hydrogen-bond acceptors (Lipinski definition) is 5. The quantitative estimate of drug-likeness (QED) is 0.826. The standard InChI is InChI=1S/C19H22N2O3S/c1-13(16(22)21-19(2,3)4)24-18(23)15-11-8-12-20-17(15)25-14-9-6-5-7-10-14/h5-13H,1-4H3,(H,21,22). The molecule has 5 nitrogen and oxygen atoms in total. The highest BCUT2D eigenvalue weighted by Gasteiger charge is 2.24. The number of pyridine rings is 1. The Bertz CT molecular complexity index is 742. The maximum absolute atomic E-state index is 12.5. The number of aromatic nitrogens is 1. The molecule has 25 heavy (non-hydrogen) atoms. The normalized spacial score (nSPS) is 12.3. The first-order valence-corrected chi connectivity index (χ1v) is 8.79. The minimum absolute atomic E-state index is 0.331. The summed E-state index contributed by atoms with van der Waals surface area (Å²) in [7, 11) is 0. The number of esters is 1. The van der Waals surface area contributed by atoms with E-state index in [4.69, 9.17) is 4.74 Å². The Morgan fingerprint density at radius 3 is 2.44 bits per heavy atom. The van der Waals surface area contributed by atoms with Crippen molar-refractivity contribution in [2.24, 2.45) is 0 Å². The molecule has 0 saturated carbocycles. The van der Waals surface area contributed by atoms with E-state index in [1.54, 1.807) is 25.3 Å². The molecular formula is C19H22N2O3S. The van der Waals surface area contributed by atoms with E-state index in [1.165, 1.54) is 11.8 Å². The minimum Gasteiger partial charge on any atom is -0.449 e. The highest BCUT2D eigenvalue weighted by molar-refractivity contribution is 7.99. The van der Waals surface area contributed by atoms with Crippen molar-refractivity contribution >= 4 is 23.6 Å². The fraction of sp³-hybridized carbons (Fsp3) is 0.316. The van der Waals surface area contributed by atoms with Gasteiger partial charge in [-0.05, 0) is 52.0 Å². The molecule has 0 aliphatic rings. The van der Waals surface area contributed by atoms with Crippen LogP contribution in [0.15, 0.2) is 58.6 Å². The summed E-state index contributed by atoms with van der Waals surface area (Å²) >= 11 is 1.38. The second-order valence-corrected chi connectivity index (χ2v) is 7.62. The second kappa shape index (κ2) is 8.16. The minimum atomic E-state index is -0.887. The van der Waals surface area contributed by atoms with Crippen LogP contribution < -0.4 is 5.32 Å². The lowest BCUT2D eigenvalue weighted by atomic mass is 10.1. The van der Waals surface area contributed by atoms with Gasteiger partial charge in [-0.1, -0.05) is 30.0 Å². The molecular weight excluding hydrogens is 336 g/mol. The third-order valence-electron chi connectivity index (χ3n) is 3.10. The van der Waals surface area contributed by atoms with Gasteiger partial charge in [-0.3, -0.25) is 4.79 Å². The molecule has 0 spiro atoms. The van der Waals surface area contributed by atoms with Crippen molar-refractivity contribution in [3.63, 3.8) is 0 Å². The van der Waals surface area contributed by atoms with Gasteiger partial charge >= 0.3 is 5.97 Å². The van der Waals surface area contributed by atoms with Gasteiger partial charge in [0.15, 0.2) is 6.10 Å². The van der Waals surface area contributed by atoms with Crippen molar-refractivity contribution in [2.75, 3.05) is 0 Å². The Balaban J connectivity index is 2.10. The molecule has 132 valence electrons. The van der Waals surface area contributed by atoms with E-state index >= 15 is 0 Å². The summed E-state index contributed by atoms with van der Waals surface area (Å²) in [6.07, 6.45) is 0.735. The predicted octanol–water partition coefficient (Wildman–Crippen LogP) is 3.69. The molecule has 0 bridgehead atoms. The number of amides is 1. The molecule has 1 N–H and O–H groups in total. The summed E-state index contributed by atoms with van der Waals surface area (Å²) in [6.45, 7) is 7.17. The second-order valence-electron chi connectivity index (χ2n) is 6.56. The van der Waals surface area contributed by atoms with E-state index in [9.17, 15) is 9.59 Å². The number of benzene rings is 1. The maximum Gasteiger partial charge on any atom is 0.341 e. The van der Waals surface area contributed by atoms with Gasteiger partial charge < -0.3 is 10.1 Å². The van der Waals surface area contributed by atoms with Gasteiger partial charge in [0.2, 0.25) is 0 Å². The highest BCUT2D eigenvalue weighted by Crippen LogP contribution is 2.28. The summed E-state index contributed by atoms with van der Waals surface area (Å²) in [4.78, 5) is 29.8. The highest BCUT2D eigenvalue weighted by atomic mass is 32.2. The molecule has 1 atom stereocenters. The van der Waals surface area contributed by atoms with Crippen molar-refractivity contribution in [3.8, 4) is 0 Å². The Labute approximate surface area is 152 Å². The number of hydrogen-bond donors (Lipinski definition) is 1. The average Bonchev–Trinajstić information content (AvgIpc) is 2.54. The Morgan fingerprint density at radius 1 is 1.12 bits per heavy atom. The van der Waals surface area contributed by atoms with E-state index in [0.717, 1.165) is 4.90 Å². The van der Waals surface area contributed by atoms with Crippen LogP contribution in [0.5, 0.6) is 0 Å². The van der Waals surface area contributed by atoms with Gasteiger partial charge in [-0.25, -0.2) is 9.78 Å². The van der Waals surface area contributed by atoms with Gasteiger partial charge in [0.1, 0.15) is 5.03 Å². The van der Waals surface area contributed by atoms with Crippen LogP contribution in [0.2, 0.25) is 0 Å². The van der Waals surface area contributed by atoms with Crippen molar-refractivity contribution in [1.29, 1.82) is 0 Å². The van der Waals surface area contributed by atoms with Crippen LogP contribution in [0.4, 0.5) is 0 Å². The van der Waals surface area contributed by atoms with Gasteiger partial charge in [-0.15, -0.1) is 0 Å². The Kier molecular flexibility index (Phi) is 6.20. The largest absolute Gasteiger partial charge is 0.449 e. The Morgan fingerprint density at radius 2 is 1.80 bits per heavy atom. The number of carbonyl (C=O) groups excluding carboxylic acids is 2.